The third kappa shape index (κ3) is 4.82. The van der Waals surface area contributed by atoms with Crippen molar-refractivity contribution >= 4 is 15.9 Å². The summed E-state index contributed by atoms with van der Waals surface area (Å²) in [5.74, 6) is 0.561. The smallest absolute Gasteiger partial charge is 0.243 e. The summed E-state index contributed by atoms with van der Waals surface area (Å²) in [5.41, 5.74) is 1.16. The summed E-state index contributed by atoms with van der Waals surface area (Å²) in [6.45, 7) is 8.01. The second-order valence-corrected chi connectivity index (χ2v) is 8.70. The van der Waals surface area contributed by atoms with Crippen LogP contribution in [0.15, 0.2) is 29.2 Å². The molecule has 140 valence electrons. The molecule has 1 aromatic rings. The van der Waals surface area contributed by atoms with E-state index in [4.69, 9.17) is 0 Å². The van der Waals surface area contributed by atoms with Crippen LogP contribution in [0, 0.1) is 0 Å². The molecule has 1 heterocycles. The van der Waals surface area contributed by atoms with Gasteiger partial charge >= 0.3 is 0 Å². The zero-order valence-corrected chi connectivity index (χ0v) is 16.4. The summed E-state index contributed by atoms with van der Waals surface area (Å²) < 4.78 is 27.1. The van der Waals surface area contributed by atoms with Crippen LogP contribution in [0.5, 0.6) is 0 Å². The lowest BCUT2D eigenvalue weighted by atomic mass is 9.99. The lowest BCUT2D eigenvalue weighted by molar-refractivity contribution is -0.132. The molecule has 1 aromatic carbocycles. The van der Waals surface area contributed by atoms with Gasteiger partial charge in [0, 0.05) is 32.6 Å². The van der Waals surface area contributed by atoms with Gasteiger partial charge in [-0.05, 0) is 36.5 Å². The van der Waals surface area contributed by atoms with Crippen molar-refractivity contribution in [2.45, 2.75) is 57.3 Å². The third-order valence-electron chi connectivity index (χ3n) is 5.03. The summed E-state index contributed by atoms with van der Waals surface area (Å²) >= 11 is 0. The summed E-state index contributed by atoms with van der Waals surface area (Å²) in [6.07, 6.45) is 3.47. The molecule has 1 atom stereocenters. The Hall–Kier alpha value is -1.40. The molecule has 0 spiro atoms. The Balaban J connectivity index is 2.00. The number of benzene rings is 1. The van der Waals surface area contributed by atoms with Gasteiger partial charge in [-0.3, -0.25) is 4.79 Å². The first kappa shape index (κ1) is 19.9. The molecule has 0 aliphatic carbocycles. The lowest BCUT2D eigenvalue weighted by Crippen LogP contribution is -2.50. The molecule has 0 aromatic heterocycles. The molecule has 5 nitrogen and oxygen atoms in total. The van der Waals surface area contributed by atoms with E-state index in [-0.39, 0.29) is 5.91 Å². The molecule has 1 unspecified atom stereocenters. The van der Waals surface area contributed by atoms with Gasteiger partial charge in [-0.25, -0.2) is 8.42 Å². The van der Waals surface area contributed by atoms with E-state index in [2.05, 4.69) is 20.8 Å². The Labute approximate surface area is 152 Å². The van der Waals surface area contributed by atoms with E-state index < -0.39 is 10.0 Å². The quantitative estimate of drug-likeness (QED) is 0.744. The topological polar surface area (TPSA) is 57.7 Å². The monoisotopic (exact) mass is 366 g/mol. The molecule has 2 rings (SSSR count). The van der Waals surface area contributed by atoms with Gasteiger partial charge in [0.25, 0.3) is 0 Å². The van der Waals surface area contributed by atoms with E-state index in [0.717, 1.165) is 24.8 Å². The molecular weight excluding hydrogens is 336 g/mol. The van der Waals surface area contributed by atoms with Crippen LogP contribution in [0.2, 0.25) is 0 Å². The van der Waals surface area contributed by atoms with Crippen molar-refractivity contribution in [2.75, 3.05) is 26.2 Å². The van der Waals surface area contributed by atoms with Crippen molar-refractivity contribution in [1.29, 1.82) is 0 Å². The lowest BCUT2D eigenvalue weighted by Gasteiger charge is -2.34. The van der Waals surface area contributed by atoms with Crippen molar-refractivity contribution in [3.8, 4) is 0 Å². The number of carbonyl (C=O) groups excluding carboxylic acids is 1. The van der Waals surface area contributed by atoms with Crippen molar-refractivity contribution in [3.05, 3.63) is 29.8 Å². The Morgan fingerprint density at radius 2 is 1.68 bits per heavy atom. The van der Waals surface area contributed by atoms with E-state index in [1.54, 1.807) is 17.0 Å². The second-order valence-electron chi connectivity index (χ2n) is 6.77. The highest BCUT2D eigenvalue weighted by molar-refractivity contribution is 7.89. The number of amides is 1. The van der Waals surface area contributed by atoms with Crippen LogP contribution >= 0.6 is 0 Å². The van der Waals surface area contributed by atoms with Gasteiger partial charge in [-0.15, -0.1) is 0 Å². The fourth-order valence-electron chi connectivity index (χ4n) is 3.02. The number of nitrogens with zero attached hydrogens (tertiary/aromatic N) is 2. The number of hydrogen-bond acceptors (Lipinski definition) is 3. The maximum Gasteiger partial charge on any atom is 0.243 e. The molecule has 0 saturated carbocycles. The maximum absolute atomic E-state index is 12.8. The van der Waals surface area contributed by atoms with Crippen LogP contribution in [0.3, 0.4) is 0 Å². The number of rotatable bonds is 7. The zero-order valence-electron chi connectivity index (χ0n) is 15.6. The fourth-order valence-corrected chi connectivity index (χ4v) is 4.44. The average molecular weight is 367 g/mol. The number of hydrogen-bond donors (Lipinski definition) is 0. The summed E-state index contributed by atoms with van der Waals surface area (Å²) in [7, 11) is -3.48. The molecule has 1 aliphatic rings. The first-order chi connectivity index (χ1) is 11.9. The summed E-state index contributed by atoms with van der Waals surface area (Å²) in [6, 6.07) is 7.22. The fraction of sp³-hybridized carbons (Fsp3) is 0.632. The van der Waals surface area contributed by atoms with Crippen molar-refractivity contribution in [2.24, 2.45) is 0 Å². The minimum Gasteiger partial charge on any atom is -0.340 e. The number of sulfonamides is 1. The molecule has 1 aliphatic heterocycles. The average Bonchev–Trinajstić information content (AvgIpc) is 2.65. The Morgan fingerprint density at radius 3 is 2.20 bits per heavy atom. The van der Waals surface area contributed by atoms with E-state index in [1.807, 2.05) is 12.1 Å². The van der Waals surface area contributed by atoms with E-state index in [0.29, 0.717) is 43.4 Å². The van der Waals surface area contributed by atoms with Crippen LogP contribution in [0.4, 0.5) is 0 Å². The van der Waals surface area contributed by atoms with Gasteiger partial charge in [0.1, 0.15) is 0 Å². The SMILES string of the molecule is CCCCC(=O)N1CCN(S(=O)(=O)c2ccc(C(C)CC)cc2)CC1. The second kappa shape index (κ2) is 8.81. The first-order valence-corrected chi connectivity index (χ1v) is 10.7. The standard InChI is InChI=1S/C19H30N2O3S/c1-4-6-7-19(22)20-12-14-21(15-13-20)25(23,24)18-10-8-17(9-11-18)16(3)5-2/h8-11,16H,4-7,12-15H2,1-3H3. The first-order valence-electron chi connectivity index (χ1n) is 9.28. The minimum atomic E-state index is -3.48. The Bertz CT molecular complexity index is 662. The maximum atomic E-state index is 12.8. The van der Waals surface area contributed by atoms with Crippen LogP contribution in [-0.2, 0) is 14.8 Å². The van der Waals surface area contributed by atoms with Crippen LogP contribution in [-0.4, -0.2) is 49.7 Å². The van der Waals surface area contributed by atoms with Gasteiger partial charge < -0.3 is 4.90 Å². The van der Waals surface area contributed by atoms with E-state index >= 15 is 0 Å². The number of unbranched alkanes of at least 4 members (excludes halogenated alkanes) is 1. The van der Waals surface area contributed by atoms with E-state index in [1.165, 1.54) is 4.31 Å². The zero-order chi connectivity index (χ0) is 18.4. The van der Waals surface area contributed by atoms with Crippen molar-refractivity contribution in [1.82, 2.24) is 9.21 Å². The predicted octanol–water partition coefficient (Wildman–Crippen LogP) is 3.22. The molecule has 1 amide bonds. The van der Waals surface area contributed by atoms with Crippen LogP contribution in [0.25, 0.3) is 0 Å². The van der Waals surface area contributed by atoms with Gasteiger partial charge in [0.15, 0.2) is 0 Å². The molecule has 0 radical (unpaired) electrons. The van der Waals surface area contributed by atoms with Crippen LogP contribution in [0.1, 0.15) is 57.9 Å². The highest BCUT2D eigenvalue weighted by Crippen LogP contribution is 2.23. The number of piperazine rings is 1. The van der Waals surface area contributed by atoms with Gasteiger partial charge in [0.2, 0.25) is 15.9 Å². The molecule has 1 saturated heterocycles. The molecule has 6 heteroatoms. The summed E-state index contributed by atoms with van der Waals surface area (Å²) in [5, 5.41) is 0. The van der Waals surface area contributed by atoms with Gasteiger partial charge in [-0.2, -0.15) is 4.31 Å². The molecule has 1 fully saturated rings. The summed E-state index contributed by atoms with van der Waals surface area (Å²) in [4.78, 5) is 14.2. The van der Waals surface area contributed by atoms with E-state index in [9.17, 15) is 13.2 Å². The predicted molar refractivity (Wildman–Crippen MR) is 100 cm³/mol. The highest BCUT2D eigenvalue weighted by atomic mass is 32.2. The normalized spacial score (nSPS) is 17.5. The minimum absolute atomic E-state index is 0.136. The molecular formula is C19H30N2O3S. The molecule has 0 N–H and O–H groups in total. The van der Waals surface area contributed by atoms with Gasteiger partial charge in [-0.1, -0.05) is 39.3 Å². The molecule has 25 heavy (non-hydrogen) atoms. The highest BCUT2D eigenvalue weighted by Gasteiger charge is 2.29. The largest absolute Gasteiger partial charge is 0.340 e. The number of carbonyl (C=O) groups is 1. The van der Waals surface area contributed by atoms with Gasteiger partial charge in [0.05, 0.1) is 4.90 Å². The van der Waals surface area contributed by atoms with Crippen molar-refractivity contribution < 1.29 is 13.2 Å². The Kier molecular flexibility index (Phi) is 7.02. The third-order valence-corrected chi connectivity index (χ3v) is 6.95. The molecule has 0 bridgehead atoms. The Morgan fingerprint density at radius 1 is 1.08 bits per heavy atom. The van der Waals surface area contributed by atoms with Crippen LogP contribution < -0.4 is 0 Å². The van der Waals surface area contributed by atoms with Crippen molar-refractivity contribution in [3.63, 3.8) is 0 Å².